The molecule has 2 aliphatic carbocycles. The van der Waals surface area contributed by atoms with E-state index in [0.29, 0.717) is 11.1 Å². The van der Waals surface area contributed by atoms with Crippen molar-refractivity contribution < 1.29 is 40.4 Å². The molecule has 0 radical (unpaired) electrons. The number of hydrogen-bond acceptors (Lipinski definition) is 7. The van der Waals surface area contributed by atoms with Crippen molar-refractivity contribution >= 4 is 55.5 Å². The first kappa shape index (κ1) is 26.2. The average molecular weight is 530 g/mol. The smallest absolute Gasteiger partial charge is 0.461 e. The number of rotatable bonds is 5. The Hall–Kier alpha value is -1.84. The van der Waals surface area contributed by atoms with E-state index in [-0.39, 0.29) is 22.8 Å². The van der Waals surface area contributed by atoms with Crippen LogP contribution >= 0.6 is 0 Å². The van der Waals surface area contributed by atoms with E-state index in [0.717, 1.165) is 37.7 Å². The third-order valence-corrected chi connectivity index (χ3v) is 8.85. The predicted molar refractivity (Wildman–Crippen MR) is 133 cm³/mol. The van der Waals surface area contributed by atoms with Crippen LogP contribution in [0.25, 0.3) is 11.0 Å². The fourth-order valence-corrected chi connectivity index (χ4v) is 7.51. The molecule has 0 amide bonds. The monoisotopic (exact) mass is 530 g/mol. The summed E-state index contributed by atoms with van der Waals surface area (Å²) in [6, 6.07) is 1.30. The van der Waals surface area contributed by atoms with E-state index in [1.165, 1.54) is 6.07 Å². The molecule has 194 valence electrons. The van der Waals surface area contributed by atoms with Gasteiger partial charge in [-0.25, -0.2) is 0 Å². The van der Waals surface area contributed by atoms with Gasteiger partial charge in [-0.1, -0.05) is 34.1 Å². The second kappa shape index (κ2) is 8.35. The number of furan rings is 1. The van der Waals surface area contributed by atoms with Crippen LogP contribution < -0.4 is 14.9 Å². The highest BCUT2D eigenvalue weighted by atomic mass is 32.2. The van der Waals surface area contributed by atoms with E-state index in [1.54, 1.807) is 4.72 Å². The van der Waals surface area contributed by atoms with Gasteiger partial charge < -0.3 is 14.5 Å². The first-order valence-electron chi connectivity index (χ1n) is 11.4. The largest absolute Gasteiger partial charge is 0.494 e. The minimum Gasteiger partial charge on any atom is -0.461 e. The van der Waals surface area contributed by atoms with Gasteiger partial charge in [0.15, 0.2) is 0 Å². The van der Waals surface area contributed by atoms with Gasteiger partial charge in [-0.3, -0.25) is 18.5 Å². The molecular weight excluding hydrogens is 499 g/mol. The molecule has 1 aromatic carbocycles. The highest BCUT2D eigenvalue weighted by Crippen LogP contribution is 2.59. The van der Waals surface area contributed by atoms with Crippen molar-refractivity contribution in [1.82, 2.24) is 0 Å². The quantitative estimate of drug-likeness (QED) is 0.249. The Morgan fingerprint density at radius 3 is 2.23 bits per heavy atom. The van der Waals surface area contributed by atoms with Crippen LogP contribution in [0.4, 0.5) is 11.4 Å². The van der Waals surface area contributed by atoms with Gasteiger partial charge in [0, 0.05) is 16.9 Å². The number of fused-ring (bicyclic) bond motifs is 5. The molecule has 1 fully saturated rings. The Morgan fingerprint density at radius 1 is 1.03 bits per heavy atom. The van der Waals surface area contributed by atoms with Crippen molar-refractivity contribution in [1.29, 1.82) is 0 Å². The van der Waals surface area contributed by atoms with Crippen LogP contribution in [0.2, 0.25) is 0 Å². The normalized spacial score (nSPS) is 26.5. The molecule has 0 bridgehead atoms. The minimum absolute atomic E-state index is 0.0131. The number of nitrogens with one attached hydrogen (secondary N) is 2. The van der Waals surface area contributed by atoms with Crippen molar-refractivity contribution in [3.63, 3.8) is 0 Å². The van der Waals surface area contributed by atoms with Crippen molar-refractivity contribution in [2.24, 2.45) is 11.3 Å². The lowest BCUT2D eigenvalue weighted by Crippen LogP contribution is -2.44. The predicted octanol–water partition coefficient (Wildman–Crippen LogP) is 2.52. The molecule has 0 aliphatic heterocycles. The maximum Gasteiger partial charge on any atom is 0.494 e. The lowest BCUT2D eigenvalue weighted by Gasteiger charge is -2.50. The summed E-state index contributed by atoms with van der Waals surface area (Å²) < 4.78 is 75.3. The van der Waals surface area contributed by atoms with Crippen LogP contribution in [0, 0.1) is 11.3 Å². The SMILES string of the molecule is CC1CC[C@@H]2C(C)(C)CCC[C@@]2(C)c2c1oc1c(B(O)O)c(NS(=O)(=O)O)c(NS(=O)(=O)O)cc21. The second-order valence-corrected chi connectivity index (χ2v) is 13.1. The first-order chi connectivity index (χ1) is 15.9. The lowest BCUT2D eigenvalue weighted by atomic mass is 9.53. The molecule has 11 nitrogen and oxygen atoms in total. The first-order valence-corrected chi connectivity index (χ1v) is 14.3. The van der Waals surface area contributed by atoms with E-state index in [2.05, 4.69) is 20.8 Å². The fraction of sp³-hybridized carbons (Fsp3) is 0.619. The van der Waals surface area contributed by atoms with Gasteiger partial charge >= 0.3 is 27.7 Å². The molecule has 3 atom stereocenters. The standard InChI is InChI=1S/C21H31BN2O9S2/c1-11-6-7-14-20(2,3)8-5-9-21(14,4)15-12-10-13(23-34(27,28)29)17(24-35(30,31)32)16(22(25)26)19(12)33-18(11)15/h10-11,14,23-26H,5-9H2,1-4H3,(H,27,28,29)(H,30,31,32)/t11?,14-,21-/m1/s1. The summed E-state index contributed by atoms with van der Waals surface area (Å²) in [5, 5.41) is 20.8. The molecule has 4 rings (SSSR count). The summed E-state index contributed by atoms with van der Waals surface area (Å²) in [7, 11) is -12.2. The second-order valence-electron chi connectivity index (χ2n) is 10.7. The van der Waals surface area contributed by atoms with Gasteiger partial charge in [0.25, 0.3) is 0 Å². The van der Waals surface area contributed by atoms with Gasteiger partial charge in [-0.2, -0.15) is 16.8 Å². The van der Waals surface area contributed by atoms with Gasteiger partial charge in [0.1, 0.15) is 11.3 Å². The van der Waals surface area contributed by atoms with Gasteiger partial charge in [0.2, 0.25) is 0 Å². The summed E-state index contributed by atoms with van der Waals surface area (Å²) in [5.74, 6) is 0.825. The third kappa shape index (κ3) is 4.67. The highest BCUT2D eigenvalue weighted by molar-refractivity contribution is 7.87. The van der Waals surface area contributed by atoms with E-state index in [9.17, 15) is 36.0 Å². The molecule has 0 saturated heterocycles. The van der Waals surface area contributed by atoms with Crippen LogP contribution in [-0.4, -0.2) is 43.1 Å². The number of anilines is 2. The molecule has 2 aliphatic rings. The third-order valence-electron chi connectivity index (χ3n) is 7.91. The molecular formula is C21H31BN2O9S2. The maximum atomic E-state index is 11.7. The molecule has 1 unspecified atom stereocenters. The Labute approximate surface area is 205 Å². The van der Waals surface area contributed by atoms with Crippen LogP contribution in [-0.2, 0) is 26.0 Å². The summed E-state index contributed by atoms with van der Waals surface area (Å²) in [6.07, 6.45) is 4.60. The summed E-state index contributed by atoms with van der Waals surface area (Å²) >= 11 is 0. The highest BCUT2D eigenvalue weighted by Gasteiger charge is 2.51. The van der Waals surface area contributed by atoms with Gasteiger partial charge in [-0.15, -0.1) is 0 Å². The molecule has 1 heterocycles. The zero-order valence-corrected chi connectivity index (χ0v) is 21.6. The Kier molecular flexibility index (Phi) is 6.26. The molecule has 1 saturated carbocycles. The Morgan fingerprint density at radius 2 is 1.66 bits per heavy atom. The van der Waals surface area contributed by atoms with Crippen molar-refractivity contribution in [3.05, 3.63) is 17.4 Å². The molecule has 1 aromatic heterocycles. The van der Waals surface area contributed by atoms with E-state index < -0.39 is 50.0 Å². The van der Waals surface area contributed by atoms with Crippen LogP contribution in [0.3, 0.4) is 0 Å². The Bertz CT molecular complexity index is 1390. The zero-order valence-electron chi connectivity index (χ0n) is 20.0. The maximum absolute atomic E-state index is 11.7. The molecule has 14 heteroatoms. The minimum atomic E-state index is -4.98. The van der Waals surface area contributed by atoms with Crippen molar-refractivity contribution in [2.75, 3.05) is 9.44 Å². The lowest BCUT2D eigenvalue weighted by molar-refractivity contribution is 0.0504. The molecule has 2 aromatic rings. The fourth-order valence-electron chi connectivity index (χ4n) is 6.59. The summed E-state index contributed by atoms with van der Waals surface area (Å²) in [4.78, 5) is 0. The zero-order chi connectivity index (χ0) is 26.1. The summed E-state index contributed by atoms with van der Waals surface area (Å²) in [6.45, 7) is 8.60. The molecule has 35 heavy (non-hydrogen) atoms. The summed E-state index contributed by atoms with van der Waals surface area (Å²) in [5.41, 5.74) is -1.24. The van der Waals surface area contributed by atoms with Gasteiger partial charge in [0.05, 0.1) is 16.8 Å². The van der Waals surface area contributed by atoms with E-state index in [1.807, 2.05) is 11.6 Å². The number of hydrogen-bond donors (Lipinski definition) is 6. The van der Waals surface area contributed by atoms with E-state index in [4.69, 9.17) is 4.42 Å². The topological polar surface area (TPSA) is 186 Å². The van der Waals surface area contributed by atoms with Crippen LogP contribution in [0.15, 0.2) is 10.5 Å². The molecule has 0 spiro atoms. The van der Waals surface area contributed by atoms with Gasteiger partial charge in [-0.05, 0) is 48.5 Å². The van der Waals surface area contributed by atoms with Crippen molar-refractivity contribution in [2.45, 2.75) is 71.1 Å². The van der Waals surface area contributed by atoms with E-state index >= 15 is 0 Å². The molecule has 6 N–H and O–H groups in total. The van der Waals surface area contributed by atoms with Crippen LogP contribution in [0.1, 0.15) is 77.0 Å². The van der Waals surface area contributed by atoms with Crippen LogP contribution in [0.5, 0.6) is 0 Å². The average Bonchev–Trinajstić information content (AvgIpc) is 2.99. The number of benzene rings is 1. The Balaban J connectivity index is 2.14. The van der Waals surface area contributed by atoms with Crippen molar-refractivity contribution in [3.8, 4) is 0 Å².